The Labute approximate surface area is 124 Å². The van der Waals surface area contributed by atoms with Crippen molar-refractivity contribution in [2.24, 2.45) is 0 Å². The molecule has 1 heterocycles. The Balaban J connectivity index is 1.79. The number of amides is 1. The summed E-state index contributed by atoms with van der Waals surface area (Å²) in [6.45, 7) is 4.07. The van der Waals surface area contributed by atoms with E-state index < -0.39 is 0 Å². The fourth-order valence-corrected chi connectivity index (χ4v) is 2.53. The van der Waals surface area contributed by atoms with E-state index >= 15 is 0 Å². The van der Waals surface area contributed by atoms with Crippen molar-refractivity contribution in [1.29, 1.82) is 0 Å². The van der Waals surface area contributed by atoms with Crippen molar-refractivity contribution in [1.82, 2.24) is 4.98 Å². The van der Waals surface area contributed by atoms with Gasteiger partial charge in [0.25, 0.3) is 0 Å². The molecule has 0 radical (unpaired) electrons. The van der Waals surface area contributed by atoms with E-state index in [-0.39, 0.29) is 5.91 Å². The quantitative estimate of drug-likeness (QED) is 0.748. The topological polar surface area (TPSA) is 44.9 Å². The van der Waals surface area contributed by atoms with Crippen molar-refractivity contribution in [3.05, 3.63) is 65.4 Å². The van der Waals surface area contributed by atoms with Crippen LogP contribution in [0.15, 0.2) is 48.7 Å². The second-order valence-corrected chi connectivity index (χ2v) is 5.33. The predicted molar refractivity (Wildman–Crippen MR) is 86.5 cm³/mol. The molecule has 0 aliphatic heterocycles. The molecule has 0 atom stereocenters. The monoisotopic (exact) mass is 278 g/mol. The molecule has 3 aromatic rings. The van der Waals surface area contributed by atoms with Gasteiger partial charge in [0.2, 0.25) is 5.91 Å². The van der Waals surface area contributed by atoms with Crippen molar-refractivity contribution in [2.75, 3.05) is 5.32 Å². The van der Waals surface area contributed by atoms with Crippen LogP contribution in [0.25, 0.3) is 10.9 Å². The van der Waals surface area contributed by atoms with Crippen LogP contribution in [0.5, 0.6) is 0 Å². The lowest BCUT2D eigenvalue weighted by Crippen LogP contribution is -2.15. The highest BCUT2D eigenvalue weighted by molar-refractivity contribution is 5.96. The summed E-state index contributed by atoms with van der Waals surface area (Å²) >= 11 is 0. The zero-order chi connectivity index (χ0) is 14.8. The Bertz CT molecular complexity index is 802. The molecule has 0 aliphatic rings. The van der Waals surface area contributed by atoms with Gasteiger partial charge >= 0.3 is 0 Å². The number of anilines is 1. The number of nitrogens with one attached hydrogen (secondary N) is 2. The van der Waals surface area contributed by atoms with Crippen molar-refractivity contribution in [3.8, 4) is 0 Å². The summed E-state index contributed by atoms with van der Waals surface area (Å²) in [4.78, 5) is 15.5. The fourth-order valence-electron chi connectivity index (χ4n) is 2.53. The van der Waals surface area contributed by atoms with Gasteiger partial charge in [-0.1, -0.05) is 30.3 Å². The number of hydrogen-bond donors (Lipinski definition) is 2. The molecule has 0 aliphatic carbocycles. The first-order valence-electron chi connectivity index (χ1n) is 7.06. The average Bonchev–Trinajstić information content (AvgIpc) is 2.87. The SMILES string of the molecule is Cc1cccc(NC(=O)Cc2c[nH]c3ccccc23)c1C. The molecule has 0 saturated carbocycles. The minimum atomic E-state index is 0.00783. The summed E-state index contributed by atoms with van der Waals surface area (Å²) in [5, 5.41) is 4.11. The zero-order valence-electron chi connectivity index (χ0n) is 12.2. The highest BCUT2D eigenvalue weighted by Crippen LogP contribution is 2.20. The molecule has 0 spiro atoms. The number of carbonyl (C=O) groups is 1. The van der Waals surface area contributed by atoms with E-state index in [2.05, 4.69) is 10.3 Å². The molecule has 0 unspecified atom stereocenters. The molecule has 0 saturated heterocycles. The van der Waals surface area contributed by atoms with Crippen LogP contribution in [-0.2, 0) is 11.2 Å². The molecule has 21 heavy (non-hydrogen) atoms. The van der Waals surface area contributed by atoms with Crippen LogP contribution in [0.3, 0.4) is 0 Å². The maximum atomic E-state index is 12.3. The van der Waals surface area contributed by atoms with Crippen molar-refractivity contribution in [2.45, 2.75) is 20.3 Å². The molecule has 3 rings (SSSR count). The average molecular weight is 278 g/mol. The normalized spacial score (nSPS) is 10.8. The van der Waals surface area contributed by atoms with Crippen LogP contribution in [-0.4, -0.2) is 10.9 Å². The largest absolute Gasteiger partial charge is 0.361 e. The summed E-state index contributed by atoms with van der Waals surface area (Å²) in [6.07, 6.45) is 2.28. The van der Waals surface area contributed by atoms with Gasteiger partial charge in [-0.25, -0.2) is 0 Å². The van der Waals surface area contributed by atoms with Crippen LogP contribution in [0, 0.1) is 13.8 Å². The maximum absolute atomic E-state index is 12.3. The second kappa shape index (κ2) is 5.44. The van der Waals surface area contributed by atoms with Gasteiger partial charge in [-0.3, -0.25) is 4.79 Å². The van der Waals surface area contributed by atoms with Crippen molar-refractivity contribution < 1.29 is 4.79 Å². The first-order chi connectivity index (χ1) is 10.1. The third-order valence-electron chi connectivity index (χ3n) is 3.90. The van der Waals surface area contributed by atoms with Crippen LogP contribution in [0.2, 0.25) is 0 Å². The number of hydrogen-bond acceptors (Lipinski definition) is 1. The summed E-state index contributed by atoms with van der Waals surface area (Å²) in [5.41, 5.74) is 5.27. The Morgan fingerprint density at radius 2 is 1.90 bits per heavy atom. The van der Waals surface area contributed by atoms with E-state index in [0.29, 0.717) is 6.42 Å². The molecular formula is C18H18N2O. The standard InChI is InChI=1S/C18H18N2O/c1-12-6-5-9-16(13(12)2)20-18(21)10-14-11-19-17-8-4-3-7-15(14)17/h3-9,11,19H,10H2,1-2H3,(H,20,21). The summed E-state index contributed by atoms with van der Waals surface area (Å²) in [5.74, 6) is 0.00783. The number of rotatable bonds is 3. The fraction of sp³-hybridized carbons (Fsp3) is 0.167. The van der Waals surface area contributed by atoms with Crippen molar-refractivity contribution in [3.63, 3.8) is 0 Å². The maximum Gasteiger partial charge on any atom is 0.228 e. The Morgan fingerprint density at radius 3 is 2.76 bits per heavy atom. The number of para-hydroxylation sites is 1. The molecule has 1 amide bonds. The van der Waals surface area contributed by atoms with Gasteiger partial charge in [-0.2, -0.15) is 0 Å². The molecular weight excluding hydrogens is 260 g/mol. The lowest BCUT2D eigenvalue weighted by molar-refractivity contribution is -0.115. The third-order valence-corrected chi connectivity index (χ3v) is 3.90. The first kappa shape index (κ1) is 13.4. The van der Waals surface area contributed by atoms with E-state index in [1.165, 1.54) is 5.56 Å². The van der Waals surface area contributed by atoms with Gasteiger partial charge in [-0.15, -0.1) is 0 Å². The second-order valence-electron chi connectivity index (χ2n) is 5.33. The van der Waals surface area contributed by atoms with E-state index in [9.17, 15) is 4.79 Å². The van der Waals surface area contributed by atoms with Gasteiger partial charge in [0, 0.05) is 22.8 Å². The van der Waals surface area contributed by atoms with Gasteiger partial charge in [0.1, 0.15) is 0 Å². The van der Waals surface area contributed by atoms with Gasteiger partial charge in [0.05, 0.1) is 6.42 Å². The number of aryl methyl sites for hydroxylation is 1. The predicted octanol–water partition coefficient (Wildman–Crippen LogP) is 3.97. The van der Waals surface area contributed by atoms with E-state index in [0.717, 1.165) is 27.7 Å². The number of fused-ring (bicyclic) bond motifs is 1. The van der Waals surface area contributed by atoms with Crippen LogP contribution < -0.4 is 5.32 Å². The number of H-pyrrole nitrogens is 1. The molecule has 0 bridgehead atoms. The lowest BCUT2D eigenvalue weighted by atomic mass is 10.1. The molecule has 3 nitrogen and oxygen atoms in total. The molecule has 3 heteroatoms. The third kappa shape index (κ3) is 2.68. The highest BCUT2D eigenvalue weighted by Gasteiger charge is 2.10. The molecule has 106 valence electrons. The number of aromatic amines is 1. The first-order valence-corrected chi connectivity index (χ1v) is 7.06. The zero-order valence-corrected chi connectivity index (χ0v) is 12.2. The molecule has 0 fully saturated rings. The van der Waals surface area contributed by atoms with Crippen LogP contribution in [0.1, 0.15) is 16.7 Å². The summed E-state index contributed by atoms with van der Waals surface area (Å²) < 4.78 is 0. The highest BCUT2D eigenvalue weighted by atomic mass is 16.1. The number of benzene rings is 2. The van der Waals surface area contributed by atoms with Gasteiger partial charge in [0.15, 0.2) is 0 Å². The minimum absolute atomic E-state index is 0.00783. The lowest BCUT2D eigenvalue weighted by Gasteiger charge is -2.10. The number of aromatic nitrogens is 1. The van der Waals surface area contributed by atoms with E-state index in [1.54, 1.807) is 0 Å². The molecule has 2 aromatic carbocycles. The Kier molecular flexibility index (Phi) is 3.48. The van der Waals surface area contributed by atoms with E-state index in [4.69, 9.17) is 0 Å². The smallest absolute Gasteiger partial charge is 0.228 e. The van der Waals surface area contributed by atoms with Gasteiger partial charge < -0.3 is 10.3 Å². The summed E-state index contributed by atoms with van der Waals surface area (Å²) in [6, 6.07) is 14.0. The summed E-state index contributed by atoms with van der Waals surface area (Å²) in [7, 11) is 0. The Morgan fingerprint density at radius 1 is 1.10 bits per heavy atom. The van der Waals surface area contributed by atoms with Crippen LogP contribution in [0.4, 0.5) is 5.69 Å². The Hall–Kier alpha value is -2.55. The molecule has 1 aromatic heterocycles. The van der Waals surface area contributed by atoms with Crippen molar-refractivity contribution >= 4 is 22.5 Å². The molecule has 2 N–H and O–H groups in total. The van der Waals surface area contributed by atoms with E-state index in [1.807, 2.05) is 62.5 Å². The minimum Gasteiger partial charge on any atom is -0.361 e. The number of carbonyl (C=O) groups excluding carboxylic acids is 1. The van der Waals surface area contributed by atoms with Gasteiger partial charge in [-0.05, 0) is 42.7 Å². The van der Waals surface area contributed by atoms with Crippen LogP contribution >= 0.6 is 0 Å².